The van der Waals surface area contributed by atoms with Crippen LogP contribution in [0, 0.1) is 0 Å². The van der Waals surface area contributed by atoms with Gasteiger partial charge in [-0.15, -0.1) is 0 Å². The Labute approximate surface area is 251 Å². The average molecular weight is 551 g/mol. The predicted octanol–water partition coefficient (Wildman–Crippen LogP) is 12.0. The third-order valence-corrected chi connectivity index (χ3v) is 8.30. The fourth-order valence-corrected chi connectivity index (χ4v) is 6.17. The largest absolute Gasteiger partial charge is 0.456 e. The summed E-state index contributed by atoms with van der Waals surface area (Å²) in [5.74, 6) is 0. The minimum absolute atomic E-state index is 0.835. The topological polar surface area (TPSA) is 13.1 Å². The molecule has 0 radical (unpaired) electrons. The molecular formula is C42H30O. The first-order chi connectivity index (χ1) is 21.0. The first-order valence-electron chi connectivity index (χ1n) is 14.4. The molecule has 1 heteroatoms. The first-order valence-corrected chi connectivity index (χ1v) is 14.4. The lowest BCUT2D eigenvalue weighted by molar-refractivity contribution is 0.669. The Morgan fingerprint density at radius 3 is 1.84 bits per heavy atom. The van der Waals surface area contributed by atoms with Crippen molar-refractivity contribution in [3.63, 3.8) is 0 Å². The van der Waals surface area contributed by atoms with E-state index in [0.717, 1.165) is 71.7 Å². The van der Waals surface area contributed by atoms with E-state index < -0.39 is 0 Å². The van der Waals surface area contributed by atoms with E-state index in [1.807, 2.05) is 42.5 Å². The summed E-state index contributed by atoms with van der Waals surface area (Å²) in [5.41, 5.74) is 9.96. The molecule has 0 bridgehead atoms. The molecule has 6 aromatic carbocycles. The molecule has 43 heavy (non-hydrogen) atoms. The van der Waals surface area contributed by atoms with Gasteiger partial charge in [0.1, 0.15) is 11.2 Å². The molecule has 7 rings (SSSR count). The standard InChI is InChI=1S/C42H30O/c1-5-30-14-6-7-15-32(30)29(4)27(2)22-23-28(3)41-34-17-8-10-19-36(34)42(37-20-11-9-18-35(37)41)31-24-25-40-38(26-31)33-16-12-13-21-39(33)43-40/h5-26H,1-4H2/b23-22-. The van der Waals surface area contributed by atoms with Crippen LogP contribution in [-0.4, -0.2) is 0 Å². The Balaban J connectivity index is 1.37. The lowest BCUT2D eigenvalue weighted by atomic mass is 9.85. The van der Waals surface area contributed by atoms with E-state index in [2.05, 4.69) is 117 Å². The molecule has 0 spiro atoms. The van der Waals surface area contributed by atoms with Gasteiger partial charge in [-0.3, -0.25) is 0 Å². The summed E-state index contributed by atoms with van der Waals surface area (Å²) in [6.07, 6.45) is 5.92. The van der Waals surface area contributed by atoms with Gasteiger partial charge >= 0.3 is 0 Å². The zero-order valence-corrected chi connectivity index (χ0v) is 23.9. The fraction of sp³-hybridized carbons (Fsp3) is 0. The molecule has 0 fully saturated rings. The van der Waals surface area contributed by atoms with Crippen LogP contribution >= 0.6 is 0 Å². The highest BCUT2D eigenvalue weighted by atomic mass is 16.3. The minimum Gasteiger partial charge on any atom is -0.456 e. The van der Waals surface area contributed by atoms with E-state index in [9.17, 15) is 0 Å². The van der Waals surface area contributed by atoms with E-state index in [1.54, 1.807) is 0 Å². The van der Waals surface area contributed by atoms with Gasteiger partial charge in [0, 0.05) is 10.8 Å². The number of fused-ring (bicyclic) bond motifs is 5. The van der Waals surface area contributed by atoms with Crippen LogP contribution < -0.4 is 0 Å². The van der Waals surface area contributed by atoms with Crippen LogP contribution in [0.4, 0.5) is 0 Å². The van der Waals surface area contributed by atoms with Crippen LogP contribution in [0.25, 0.3) is 71.8 Å². The van der Waals surface area contributed by atoms with Crippen LogP contribution in [0.15, 0.2) is 164 Å². The van der Waals surface area contributed by atoms with Crippen molar-refractivity contribution in [2.45, 2.75) is 0 Å². The second kappa shape index (κ2) is 10.6. The lowest BCUT2D eigenvalue weighted by Gasteiger charge is -2.18. The van der Waals surface area contributed by atoms with Crippen molar-refractivity contribution >= 4 is 60.7 Å². The van der Waals surface area contributed by atoms with E-state index in [0.29, 0.717) is 0 Å². The Hall–Kier alpha value is -5.66. The molecule has 0 atom stereocenters. The molecule has 1 heterocycles. The van der Waals surface area contributed by atoms with Gasteiger partial charge in [0.2, 0.25) is 0 Å². The van der Waals surface area contributed by atoms with Crippen molar-refractivity contribution in [1.82, 2.24) is 0 Å². The predicted molar refractivity (Wildman–Crippen MR) is 187 cm³/mol. The molecule has 0 aliphatic rings. The number of para-hydroxylation sites is 1. The molecular weight excluding hydrogens is 520 g/mol. The Bertz CT molecular complexity index is 2250. The zero-order chi connectivity index (χ0) is 29.5. The van der Waals surface area contributed by atoms with Gasteiger partial charge in [0.15, 0.2) is 0 Å². The quantitative estimate of drug-likeness (QED) is 0.142. The van der Waals surface area contributed by atoms with Gasteiger partial charge < -0.3 is 4.42 Å². The maximum Gasteiger partial charge on any atom is 0.135 e. The van der Waals surface area contributed by atoms with E-state index in [1.165, 1.54) is 16.3 Å². The molecule has 0 saturated heterocycles. The molecule has 1 nitrogen and oxygen atoms in total. The summed E-state index contributed by atoms with van der Waals surface area (Å²) in [5, 5.41) is 6.92. The SMILES string of the molecule is C=Cc1ccccc1C(=C)C(=C)/C=C\C(=C)c1c2ccccc2c(-c2ccc3oc4ccccc4c3c2)c2ccccc12. The normalized spacial score (nSPS) is 11.5. The van der Waals surface area contributed by atoms with E-state index >= 15 is 0 Å². The molecule has 0 unspecified atom stereocenters. The van der Waals surface area contributed by atoms with Gasteiger partial charge in [-0.1, -0.05) is 142 Å². The van der Waals surface area contributed by atoms with Crippen molar-refractivity contribution in [2.24, 2.45) is 0 Å². The smallest absolute Gasteiger partial charge is 0.135 e. The molecule has 0 aliphatic carbocycles. The monoisotopic (exact) mass is 550 g/mol. The molecule has 0 amide bonds. The van der Waals surface area contributed by atoms with Crippen LogP contribution in [0.5, 0.6) is 0 Å². The summed E-state index contributed by atoms with van der Waals surface area (Å²) in [7, 11) is 0. The van der Waals surface area contributed by atoms with Crippen LogP contribution in [0.1, 0.15) is 16.7 Å². The number of benzene rings is 6. The minimum atomic E-state index is 0.835. The number of allylic oxidation sites excluding steroid dienone is 5. The third-order valence-electron chi connectivity index (χ3n) is 8.30. The first kappa shape index (κ1) is 26.3. The maximum absolute atomic E-state index is 6.14. The number of hydrogen-bond donors (Lipinski definition) is 0. The average Bonchev–Trinajstić information content (AvgIpc) is 3.43. The highest BCUT2D eigenvalue weighted by molar-refractivity contribution is 6.20. The van der Waals surface area contributed by atoms with Crippen molar-refractivity contribution in [1.29, 1.82) is 0 Å². The summed E-state index contributed by atoms with van der Waals surface area (Å²) in [6, 6.07) is 40.1. The Morgan fingerprint density at radius 2 is 1.14 bits per heavy atom. The molecule has 0 aliphatic heterocycles. The zero-order valence-electron chi connectivity index (χ0n) is 23.9. The van der Waals surface area contributed by atoms with Crippen LogP contribution in [-0.2, 0) is 0 Å². The summed E-state index contributed by atoms with van der Waals surface area (Å²) in [6.45, 7) is 17.2. The Morgan fingerprint density at radius 1 is 0.558 bits per heavy atom. The molecule has 0 N–H and O–H groups in total. The van der Waals surface area contributed by atoms with Crippen LogP contribution in [0.3, 0.4) is 0 Å². The van der Waals surface area contributed by atoms with E-state index in [4.69, 9.17) is 4.42 Å². The molecule has 1 aromatic heterocycles. The van der Waals surface area contributed by atoms with Crippen molar-refractivity contribution < 1.29 is 4.42 Å². The number of rotatable bonds is 7. The lowest BCUT2D eigenvalue weighted by Crippen LogP contribution is -1.93. The number of furan rings is 1. The summed E-state index contributed by atoms with van der Waals surface area (Å²) >= 11 is 0. The molecule has 0 saturated carbocycles. The van der Waals surface area contributed by atoms with Gasteiger partial charge in [-0.05, 0) is 84.3 Å². The van der Waals surface area contributed by atoms with Gasteiger partial charge in [-0.2, -0.15) is 0 Å². The van der Waals surface area contributed by atoms with Crippen molar-refractivity contribution in [3.05, 3.63) is 176 Å². The van der Waals surface area contributed by atoms with Gasteiger partial charge in [-0.25, -0.2) is 0 Å². The maximum atomic E-state index is 6.14. The second-order valence-electron chi connectivity index (χ2n) is 10.8. The summed E-state index contributed by atoms with van der Waals surface area (Å²) < 4.78 is 6.14. The highest BCUT2D eigenvalue weighted by Gasteiger charge is 2.17. The number of hydrogen-bond acceptors (Lipinski definition) is 1. The summed E-state index contributed by atoms with van der Waals surface area (Å²) in [4.78, 5) is 0. The fourth-order valence-electron chi connectivity index (χ4n) is 6.17. The third kappa shape index (κ3) is 4.43. The Kier molecular flexibility index (Phi) is 6.49. The molecule has 7 aromatic rings. The highest BCUT2D eigenvalue weighted by Crippen LogP contribution is 2.43. The van der Waals surface area contributed by atoms with Crippen molar-refractivity contribution in [3.8, 4) is 11.1 Å². The van der Waals surface area contributed by atoms with Gasteiger partial charge in [0.25, 0.3) is 0 Å². The van der Waals surface area contributed by atoms with Gasteiger partial charge in [0.05, 0.1) is 0 Å². The van der Waals surface area contributed by atoms with E-state index in [-0.39, 0.29) is 0 Å². The second-order valence-corrected chi connectivity index (χ2v) is 10.8. The van der Waals surface area contributed by atoms with Crippen LogP contribution in [0.2, 0.25) is 0 Å². The van der Waals surface area contributed by atoms with Crippen molar-refractivity contribution in [2.75, 3.05) is 0 Å². The molecule has 204 valence electrons.